The first kappa shape index (κ1) is 17.1. The summed E-state index contributed by atoms with van der Waals surface area (Å²) in [5.41, 5.74) is 1.40. The molecule has 118 valence electrons. The third-order valence-corrected chi connectivity index (χ3v) is 5.50. The predicted molar refractivity (Wildman–Crippen MR) is 90.4 cm³/mol. The standard InChI is InChI=1S/C17H25Cl2NO/c1-4-17(3)15(11-16(17)21-5-2)20-9-8-12-6-7-13(18)10-14(12)19/h6-7,10,15-16,20H,4-5,8-9,11H2,1-3H3. The maximum Gasteiger partial charge on any atom is 0.0658 e. The van der Waals surface area contributed by atoms with Gasteiger partial charge in [-0.2, -0.15) is 0 Å². The summed E-state index contributed by atoms with van der Waals surface area (Å²) < 4.78 is 5.84. The van der Waals surface area contributed by atoms with Crippen LogP contribution in [0, 0.1) is 5.41 Å². The van der Waals surface area contributed by atoms with E-state index in [1.165, 1.54) is 0 Å². The molecule has 1 saturated carbocycles. The monoisotopic (exact) mass is 329 g/mol. The van der Waals surface area contributed by atoms with Gasteiger partial charge in [0.1, 0.15) is 0 Å². The zero-order valence-corrected chi connectivity index (χ0v) is 14.6. The summed E-state index contributed by atoms with van der Waals surface area (Å²) in [5.74, 6) is 0. The highest BCUT2D eigenvalue weighted by atomic mass is 35.5. The van der Waals surface area contributed by atoms with Crippen LogP contribution in [0.1, 0.15) is 39.2 Å². The second-order valence-corrected chi connectivity index (χ2v) is 6.88. The van der Waals surface area contributed by atoms with E-state index in [9.17, 15) is 0 Å². The molecule has 2 rings (SSSR count). The Bertz CT molecular complexity index is 480. The van der Waals surface area contributed by atoms with E-state index in [1.54, 1.807) is 0 Å². The Labute approximate surface area is 138 Å². The Morgan fingerprint density at radius 3 is 2.71 bits per heavy atom. The van der Waals surface area contributed by atoms with E-state index in [-0.39, 0.29) is 5.41 Å². The molecule has 3 unspecified atom stereocenters. The molecular formula is C17H25Cl2NO. The highest BCUT2D eigenvalue weighted by molar-refractivity contribution is 6.35. The van der Waals surface area contributed by atoms with E-state index >= 15 is 0 Å². The van der Waals surface area contributed by atoms with E-state index < -0.39 is 0 Å². The van der Waals surface area contributed by atoms with Crippen molar-refractivity contribution in [2.45, 2.75) is 52.2 Å². The van der Waals surface area contributed by atoms with E-state index in [0.29, 0.717) is 17.2 Å². The Morgan fingerprint density at radius 2 is 2.10 bits per heavy atom. The van der Waals surface area contributed by atoms with Crippen LogP contribution in [0.3, 0.4) is 0 Å². The predicted octanol–water partition coefficient (Wildman–Crippen LogP) is 4.72. The van der Waals surface area contributed by atoms with Gasteiger partial charge in [0.05, 0.1) is 6.10 Å². The Kier molecular flexibility index (Phi) is 5.96. The number of benzene rings is 1. The molecule has 1 aliphatic rings. The van der Waals surface area contributed by atoms with Gasteiger partial charge in [-0.25, -0.2) is 0 Å². The number of ether oxygens (including phenoxy) is 1. The summed E-state index contributed by atoms with van der Waals surface area (Å²) in [6.45, 7) is 8.37. The van der Waals surface area contributed by atoms with Crippen LogP contribution in [0.25, 0.3) is 0 Å². The van der Waals surface area contributed by atoms with E-state index in [4.69, 9.17) is 27.9 Å². The van der Waals surface area contributed by atoms with Crippen LogP contribution < -0.4 is 5.32 Å². The minimum Gasteiger partial charge on any atom is -0.378 e. The number of nitrogens with one attached hydrogen (secondary N) is 1. The van der Waals surface area contributed by atoms with Crippen LogP contribution >= 0.6 is 23.2 Å². The lowest BCUT2D eigenvalue weighted by atomic mass is 9.61. The molecule has 0 aliphatic heterocycles. The van der Waals surface area contributed by atoms with Crippen LogP contribution in [0.2, 0.25) is 10.0 Å². The first-order valence-corrected chi connectivity index (χ1v) is 8.55. The van der Waals surface area contributed by atoms with Crippen molar-refractivity contribution < 1.29 is 4.74 Å². The molecule has 1 aromatic rings. The normalized spacial score (nSPS) is 28.4. The molecule has 3 atom stereocenters. The second kappa shape index (κ2) is 7.32. The molecule has 4 heteroatoms. The highest BCUT2D eigenvalue weighted by Gasteiger charge is 2.50. The van der Waals surface area contributed by atoms with Crippen molar-refractivity contribution in [2.24, 2.45) is 5.41 Å². The minimum atomic E-state index is 0.250. The molecule has 1 aliphatic carbocycles. The van der Waals surface area contributed by atoms with Crippen molar-refractivity contribution in [3.05, 3.63) is 33.8 Å². The summed E-state index contributed by atoms with van der Waals surface area (Å²) in [5, 5.41) is 5.11. The van der Waals surface area contributed by atoms with Gasteiger partial charge in [-0.05, 0) is 50.4 Å². The van der Waals surface area contributed by atoms with Crippen molar-refractivity contribution in [3.63, 3.8) is 0 Å². The molecule has 21 heavy (non-hydrogen) atoms. The van der Waals surface area contributed by atoms with Gasteiger partial charge in [0, 0.05) is 28.1 Å². The smallest absolute Gasteiger partial charge is 0.0658 e. The zero-order chi connectivity index (χ0) is 15.5. The Morgan fingerprint density at radius 1 is 1.33 bits per heavy atom. The molecule has 0 radical (unpaired) electrons. The molecule has 0 saturated heterocycles. The van der Waals surface area contributed by atoms with Crippen LogP contribution in [-0.4, -0.2) is 25.3 Å². The molecule has 2 nitrogen and oxygen atoms in total. The van der Waals surface area contributed by atoms with Gasteiger partial charge in [0.25, 0.3) is 0 Å². The fraction of sp³-hybridized carbons (Fsp3) is 0.647. The van der Waals surface area contributed by atoms with Gasteiger partial charge in [-0.15, -0.1) is 0 Å². The Hall–Kier alpha value is -0.280. The summed E-state index contributed by atoms with van der Waals surface area (Å²) in [6.07, 6.45) is 3.55. The molecule has 0 spiro atoms. The fourth-order valence-electron chi connectivity index (χ4n) is 3.17. The van der Waals surface area contributed by atoms with E-state index in [2.05, 4.69) is 26.1 Å². The van der Waals surface area contributed by atoms with Crippen molar-refractivity contribution in [1.82, 2.24) is 5.32 Å². The molecule has 0 aromatic heterocycles. The average molecular weight is 330 g/mol. The molecule has 1 N–H and O–H groups in total. The quantitative estimate of drug-likeness (QED) is 0.781. The lowest BCUT2D eigenvalue weighted by Crippen LogP contribution is -2.62. The first-order valence-electron chi connectivity index (χ1n) is 7.80. The maximum absolute atomic E-state index is 6.21. The molecular weight excluding hydrogens is 305 g/mol. The van der Waals surface area contributed by atoms with Crippen LogP contribution in [-0.2, 0) is 11.2 Å². The average Bonchev–Trinajstić information content (AvgIpc) is 2.46. The largest absolute Gasteiger partial charge is 0.378 e. The molecule has 0 amide bonds. The van der Waals surface area contributed by atoms with Crippen molar-refractivity contribution in [1.29, 1.82) is 0 Å². The Balaban J connectivity index is 1.84. The molecule has 1 aromatic carbocycles. The van der Waals surface area contributed by atoms with Crippen LogP contribution in [0.4, 0.5) is 0 Å². The zero-order valence-electron chi connectivity index (χ0n) is 13.1. The maximum atomic E-state index is 6.21. The number of hydrogen-bond donors (Lipinski definition) is 1. The van der Waals surface area contributed by atoms with Gasteiger partial charge in [-0.3, -0.25) is 0 Å². The van der Waals surface area contributed by atoms with Crippen molar-refractivity contribution in [3.8, 4) is 0 Å². The van der Waals surface area contributed by atoms with Crippen LogP contribution in [0.15, 0.2) is 18.2 Å². The third-order valence-electron chi connectivity index (χ3n) is 4.91. The topological polar surface area (TPSA) is 21.3 Å². The van der Waals surface area contributed by atoms with E-state index in [0.717, 1.165) is 43.0 Å². The highest BCUT2D eigenvalue weighted by Crippen LogP contribution is 2.45. The summed E-state index contributed by atoms with van der Waals surface area (Å²) in [4.78, 5) is 0. The lowest BCUT2D eigenvalue weighted by molar-refractivity contribution is -0.125. The third kappa shape index (κ3) is 3.73. The van der Waals surface area contributed by atoms with Gasteiger partial charge in [-0.1, -0.05) is 43.1 Å². The molecule has 1 fully saturated rings. The summed E-state index contributed by atoms with van der Waals surface area (Å²) >= 11 is 12.1. The first-order chi connectivity index (χ1) is 10.0. The lowest BCUT2D eigenvalue weighted by Gasteiger charge is -2.53. The van der Waals surface area contributed by atoms with E-state index in [1.807, 2.05) is 18.2 Å². The fourth-order valence-corrected chi connectivity index (χ4v) is 3.68. The second-order valence-electron chi connectivity index (χ2n) is 6.03. The van der Waals surface area contributed by atoms with Crippen molar-refractivity contribution in [2.75, 3.05) is 13.2 Å². The van der Waals surface area contributed by atoms with Gasteiger partial charge in [0.2, 0.25) is 0 Å². The molecule has 0 heterocycles. The summed E-state index contributed by atoms with van der Waals surface area (Å²) in [6, 6.07) is 6.25. The number of halogens is 2. The summed E-state index contributed by atoms with van der Waals surface area (Å²) in [7, 11) is 0. The van der Waals surface area contributed by atoms with Gasteiger partial charge in [0.15, 0.2) is 0 Å². The van der Waals surface area contributed by atoms with Gasteiger partial charge >= 0.3 is 0 Å². The SMILES string of the molecule is CCOC1CC(NCCc2ccc(Cl)cc2Cl)C1(C)CC. The van der Waals surface area contributed by atoms with Crippen LogP contribution in [0.5, 0.6) is 0 Å². The number of hydrogen-bond acceptors (Lipinski definition) is 2. The minimum absolute atomic E-state index is 0.250. The molecule has 0 bridgehead atoms. The van der Waals surface area contributed by atoms with Crippen molar-refractivity contribution >= 4 is 23.2 Å². The number of rotatable bonds is 7. The van der Waals surface area contributed by atoms with Gasteiger partial charge < -0.3 is 10.1 Å².